The van der Waals surface area contributed by atoms with E-state index >= 15 is 0 Å². The third-order valence-electron chi connectivity index (χ3n) is 4.17. The van der Waals surface area contributed by atoms with Crippen molar-refractivity contribution in [1.82, 2.24) is 9.97 Å². The fraction of sp³-hybridized carbons (Fsp3) is 0.235. The van der Waals surface area contributed by atoms with Crippen LogP contribution < -0.4 is 14.5 Å². The van der Waals surface area contributed by atoms with Gasteiger partial charge < -0.3 is 4.74 Å². The third-order valence-corrected chi connectivity index (χ3v) is 5.29. The van der Waals surface area contributed by atoms with Gasteiger partial charge in [-0.1, -0.05) is 0 Å². The highest BCUT2D eigenvalue weighted by molar-refractivity contribution is 7.23. The lowest BCUT2D eigenvalue weighted by Crippen LogP contribution is -2.31. The Hall–Kier alpha value is -2.67. The Labute approximate surface area is 143 Å². The maximum Gasteiger partial charge on any atom is 0.329 e. The van der Waals surface area contributed by atoms with E-state index in [-0.39, 0.29) is 6.03 Å². The van der Waals surface area contributed by atoms with Gasteiger partial charge in [-0.25, -0.2) is 9.78 Å². The maximum absolute atomic E-state index is 12.9. The molecule has 7 heteroatoms. The molecule has 3 aromatic heterocycles. The first-order chi connectivity index (χ1) is 11.7. The number of hydrogen-bond acceptors (Lipinski definition) is 5. The molecule has 2 amide bonds. The summed E-state index contributed by atoms with van der Waals surface area (Å²) in [7, 11) is 1.60. The molecule has 24 heavy (non-hydrogen) atoms. The molecule has 1 saturated heterocycles. The summed E-state index contributed by atoms with van der Waals surface area (Å²) in [6, 6.07) is 5.81. The Morgan fingerprint density at radius 3 is 2.83 bits per heavy atom. The second-order valence-corrected chi connectivity index (χ2v) is 6.63. The number of methoxy groups -OCH3 is 1. The largest absolute Gasteiger partial charge is 0.481 e. The van der Waals surface area contributed by atoms with Crippen LogP contribution in [-0.4, -0.2) is 36.2 Å². The number of aryl methyl sites for hydroxylation is 1. The molecule has 122 valence electrons. The van der Waals surface area contributed by atoms with Crippen molar-refractivity contribution in [3.8, 4) is 5.88 Å². The summed E-state index contributed by atoms with van der Waals surface area (Å²) in [5.74, 6) is 0.585. The van der Waals surface area contributed by atoms with Crippen LogP contribution in [0.1, 0.15) is 5.56 Å². The van der Waals surface area contributed by atoms with Crippen LogP contribution >= 0.6 is 11.3 Å². The summed E-state index contributed by atoms with van der Waals surface area (Å²) in [6.07, 6.45) is 5.20. The van der Waals surface area contributed by atoms with Gasteiger partial charge in [0.1, 0.15) is 5.00 Å². The van der Waals surface area contributed by atoms with Gasteiger partial charge in [0.05, 0.1) is 24.4 Å². The molecule has 0 N–H and O–H groups in total. The zero-order valence-corrected chi connectivity index (χ0v) is 14.2. The minimum absolute atomic E-state index is 0.0235. The first-order valence-corrected chi connectivity index (χ1v) is 8.43. The SMILES string of the molecule is COc1nccc2sc(N3CCN(c4cnccc4C)C3=O)cc12. The zero-order chi connectivity index (χ0) is 16.7. The summed E-state index contributed by atoms with van der Waals surface area (Å²) < 4.78 is 6.37. The standard InChI is InChI=1S/C17H16N4O2S/c1-11-3-5-18-10-13(11)20-7-8-21(17(20)22)15-9-12-14(24-15)4-6-19-16(12)23-2/h3-6,9-10H,7-8H2,1-2H3. The van der Waals surface area contributed by atoms with Gasteiger partial charge in [-0.2, -0.15) is 0 Å². The van der Waals surface area contributed by atoms with Gasteiger partial charge in [0.15, 0.2) is 0 Å². The van der Waals surface area contributed by atoms with Gasteiger partial charge in [0.2, 0.25) is 5.88 Å². The van der Waals surface area contributed by atoms with E-state index < -0.39 is 0 Å². The lowest BCUT2D eigenvalue weighted by atomic mass is 10.2. The zero-order valence-electron chi connectivity index (χ0n) is 13.4. The molecule has 0 spiro atoms. The number of pyridine rings is 2. The van der Waals surface area contributed by atoms with Crippen molar-refractivity contribution in [2.75, 3.05) is 30.0 Å². The third kappa shape index (κ3) is 2.28. The van der Waals surface area contributed by atoms with Gasteiger partial charge in [0.25, 0.3) is 0 Å². The number of rotatable bonds is 3. The minimum Gasteiger partial charge on any atom is -0.481 e. The fourth-order valence-corrected chi connectivity index (χ4v) is 3.99. The Bertz CT molecular complexity index is 924. The van der Waals surface area contributed by atoms with E-state index in [1.807, 2.05) is 25.1 Å². The number of thiophene rings is 1. The highest BCUT2D eigenvalue weighted by Crippen LogP contribution is 2.38. The molecule has 0 radical (unpaired) electrons. The number of amides is 2. The molecular weight excluding hydrogens is 324 g/mol. The Balaban J connectivity index is 1.69. The highest BCUT2D eigenvalue weighted by atomic mass is 32.1. The number of aromatic nitrogens is 2. The van der Waals surface area contributed by atoms with E-state index in [9.17, 15) is 4.79 Å². The molecule has 0 saturated carbocycles. The predicted molar refractivity (Wildman–Crippen MR) is 95.2 cm³/mol. The molecule has 0 aromatic carbocycles. The van der Waals surface area contributed by atoms with Crippen LogP contribution in [0.3, 0.4) is 0 Å². The van der Waals surface area contributed by atoms with Crippen molar-refractivity contribution in [2.45, 2.75) is 6.92 Å². The molecular formula is C17H16N4O2S. The molecule has 4 heterocycles. The van der Waals surface area contributed by atoms with E-state index in [2.05, 4.69) is 9.97 Å². The van der Waals surface area contributed by atoms with Crippen LogP contribution in [0.5, 0.6) is 5.88 Å². The van der Waals surface area contributed by atoms with E-state index in [1.54, 1.807) is 46.8 Å². The van der Waals surface area contributed by atoms with Gasteiger partial charge in [-0.05, 0) is 30.7 Å². The normalized spacial score (nSPS) is 14.7. The van der Waals surface area contributed by atoms with Gasteiger partial charge in [-0.3, -0.25) is 14.8 Å². The Morgan fingerprint density at radius 1 is 1.21 bits per heavy atom. The van der Waals surface area contributed by atoms with Crippen molar-refractivity contribution in [1.29, 1.82) is 0 Å². The van der Waals surface area contributed by atoms with E-state index in [0.717, 1.165) is 26.3 Å². The minimum atomic E-state index is -0.0235. The van der Waals surface area contributed by atoms with Crippen LogP contribution in [0, 0.1) is 6.92 Å². The molecule has 3 aromatic rings. The molecule has 1 fully saturated rings. The smallest absolute Gasteiger partial charge is 0.329 e. The number of anilines is 2. The summed E-state index contributed by atoms with van der Waals surface area (Å²) >= 11 is 1.57. The predicted octanol–water partition coefficient (Wildman–Crippen LogP) is 3.45. The average molecular weight is 340 g/mol. The van der Waals surface area contributed by atoms with Crippen molar-refractivity contribution < 1.29 is 9.53 Å². The number of urea groups is 1. The second-order valence-electron chi connectivity index (χ2n) is 5.56. The summed E-state index contributed by atoms with van der Waals surface area (Å²) in [5.41, 5.74) is 1.91. The summed E-state index contributed by atoms with van der Waals surface area (Å²) in [6.45, 7) is 3.29. The van der Waals surface area contributed by atoms with Gasteiger partial charge in [-0.15, -0.1) is 11.3 Å². The molecule has 0 atom stereocenters. The Morgan fingerprint density at radius 2 is 2.04 bits per heavy atom. The lowest BCUT2D eigenvalue weighted by molar-refractivity contribution is 0.256. The van der Waals surface area contributed by atoms with Crippen LogP contribution in [0.25, 0.3) is 10.1 Å². The number of fused-ring (bicyclic) bond motifs is 1. The van der Waals surface area contributed by atoms with E-state index in [0.29, 0.717) is 19.0 Å². The van der Waals surface area contributed by atoms with Crippen molar-refractivity contribution >= 4 is 38.1 Å². The number of nitrogens with zero attached hydrogens (tertiary/aromatic N) is 4. The molecule has 4 rings (SSSR count). The number of carbonyl (C=O) groups excluding carboxylic acids is 1. The topological polar surface area (TPSA) is 58.6 Å². The van der Waals surface area contributed by atoms with E-state index in [4.69, 9.17) is 4.74 Å². The highest BCUT2D eigenvalue weighted by Gasteiger charge is 2.32. The fourth-order valence-electron chi connectivity index (χ4n) is 2.92. The number of carbonyl (C=O) groups is 1. The molecule has 0 aliphatic carbocycles. The molecule has 0 unspecified atom stereocenters. The molecule has 6 nitrogen and oxygen atoms in total. The average Bonchev–Trinajstić information content (AvgIpc) is 3.18. The van der Waals surface area contributed by atoms with Crippen molar-refractivity contribution in [3.63, 3.8) is 0 Å². The molecule has 1 aliphatic heterocycles. The van der Waals surface area contributed by atoms with E-state index in [1.165, 1.54) is 0 Å². The first-order valence-electron chi connectivity index (χ1n) is 7.61. The van der Waals surface area contributed by atoms with Crippen LogP contribution in [0.15, 0.2) is 36.8 Å². The van der Waals surface area contributed by atoms with Crippen LogP contribution in [0.4, 0.5) is 15.5 Å². The van der Waals surface area contributed by atoms with Gasteiger partial charge >= 0.3 is 6.03 Å². The monoisotopic (exact) mass is 340 g/mol. The second kappa shape index (κ2) is 5.76. The number of ether oxygens (including phenoxy) is 1. The van der Waals surface area contributed by atoms with Crippen molar-refractivity contribution in [2.24, 2.45) is 0 Å². The number of hydrogen-bond donors (Lipinski definition) is 0. The summed E-state index contributed by atoms with van der Waals surface area (Å²) in [4.78, 5) is 24.8. The summed E-state index contributed by atoms with van der Waals surface area (Å²) in [5, 5.41) is 1.84. The van der Waals surface area contributed by atoms with Crippen LogP contribution in [0.2, 0.25) is 0 Å². The quantitative estimate of drug-likeness (QED) is 0.733. The maximum atomic E-state index is 12.9. The molecule has 1 aliphatic rings. The Kier molecular flexibility index (Phi) is 3.57. The van der Waals surface area contributed by atoms with Crippen molar-refractivity contribution in [3.05, 3.63) is 42.4 Å². The molecule has 0 bridgehead atoms. The lowest BCUT2D eigenvalue weighted by Gasteiger charge is -2.18. The van der Waals surface area contributed by atoms with Gasteiger partial charge in [0, 0.05) is 30.2 Å². The first kappa shape index (κ1) is 14.9. The van der Waals surface area contributed by atoms with Crippen LogP contribution in [-0.2, 0) is 0 Å².